The fourth-order valence-corrected chi connectivity index (χ4v) is 4.09. The number of rotatable bonds is 3. The molecule has 0 radical (unpaired) electrons. The first-order valence-corrected chi connectivity index (χ1v) is 8.05. The maximum Gasteiger partial charge on any atom is 0.533 e. The van der Waals surface area contributed by atoms with Crippen molar-refractivity contribution >= 4 is 18.0 Å². The standard InChI is InChI=1S/C17H21NO5/c1-16-9-5-3-4-6-10-17(16,2)12(16)11-22-15(21)23-18-13(19)7-8-14(18)20/h12H,5-11H2,1-2H3/t12?,16-,17+. The minimum absolute atomic E-state index is 0.0743. The summed E-state index contributed by atoms with van der Waals surface area (Å²) >= 11 is 0. The molecule has 3 atom stereocenters. The molecule has 0 bridgehead atoms. The second kappa shape index (κ2) is 5.55. The molecule has 1 saturated heterocycles. The Kier molecular flexibility index (Phi) is 3.83. The van der Waals surface area contributed by atoms with Gasteiger partial charge in [-0.1, -0.05) is 18.9 Å². The van der Waals surface area contributed by atoms with Crippen LogP contribution in [0.5, 0.6) is 0 Å². The lowest BCUT2D eigenvalue weighted by atomic mass is 9.87. The van der Waals surface area contributed by atoms with Gasteiger partial charge in [0.1, 0.15) is 0 Å². The molecule has 6 heteroatoms. The molecule has 124 valence electrons. The van der Waals surface area contributed by atoms with Crippen molar-refractivity contribution in [3.63, 3.8) is 0 Å². The number of amides is 2. The van der Waals surface area contributed by atoms with Crippen LogP contribution in [0.3, 0.4) is 0 Å². The van der Waals surface area contributed by atoms with E-state index in [-0.39, 0.29) is 36.2 Å². The maximum atomic E-state index is 11.8. The molecule has 1 unspecified atom stereocenters. The average Bonchev–Trinajstić information content (AvgIpc) is 2.74. The SMILES string of the molecule is C[C@@]12CCC#CCC[C@]1(C)C2COC(=O)ON1C(=O)CCC1=O. The Labute approximate surface area is 135 Å². The van der Waals surface area contributed by atoms with Crippen LogP contribution in [-0.2, 0) is 19.2 Å². The summed E-state index contributed by atoms with van der Waals surface area (Å²) in [4.78, 5) is 39.3. The predicted molar refractivity (Wildman–Crippen MR) is 79.5 cm³/mol. The van der Waals surface area contributed by atoms with Crippen LogP contribution in [0, 0.1) is 28.6 Å². The summed E-state index contributed by atoms with van der Waals surface area (Å²) in [7, 11) is 0. The van der Waals surface area contributed by atoms with E-state index in [0.29, 0.717) is 5.06 Å². The first kappa shape index (κ1) is 15.9. The van der Waals surface area contributed by atoms with E-state index in [1.54, 1.807) is 0 Å². The van der Waals surface area contributed by atoms with E-state index in [9.17, 15) is 14.4 Å². The van der Waals surface area contributed by atoms with Gasteiger partial charge >= 0.3 is 6.16 Å². The fraction of sp³-hybridized carbons (Fsp3) is 0.706. The van der Waals surface area contributed by atoms with E-state index >= 15 is 0 Å². The Balaban J connectivity index is 1.54. The smallest absolute Gasteiger partial charge is 0.432 e. The summed E-state index contributed by atoms with van der Waals surface area (Å²) in [5, 5.41) is 0.510. The van der Waals surface area contributed by atoms with Crippen LogP contribution in [0.25, 0.3) is 0 Å². The number of hydrogen-bond acceptors (Lipinski definition) is 5. The van der Waals surface area contributed by atoms with Gasteiger partial charge in [-0.3, -0.25) is 14.4 Å². The van der Waals surface area contributed by atoms with Gasteiger partial charge in [-0.25, -0.2) is 4.79 Å². The second-order valence-corrected chi connectivity index (χ2v) is 6.98. The molecule has 0 spiro atoms. The summed E-state index contributed by atoms with van der Waals surface area (Å²) in [6.45, 7) is 4.67. The quantitative estimate of drug-likeness (QED) is 0.454. The van der Waals surface area contributed by atoms with E-state index in [4.69, 9.17) is 9.57 Å². The van der Waals surface area contributed by atoms with Crippen molar-refractivity contribution in [1.82, 2.24) is 5.06 Å². The van der Waals surface area contributed by atoms with Crippen LogP contribution in [0.4, 0.5) is 4.79 Å². The highest BCUT2D eigenvalue weighted by Crippen LogP contribution is 2.73. The highest BCUT2D eigenvalue weighted by molar-refractivity contribution is 6.01. The normalized spacial score (nSPS) is 35.6. The number of hydroxylamine groups is 2. The Morgan fingerprint density at radius 3 is 2.17 bits per heavy atom. The number of imide groups is 1. The lowest BCUT2D eigenvalue weighted by Crippen LogP contribution is -2.32. The van der Waals surface area contributed by atoms with Crippen LogP contribution >= 0.6 is 0 Å². The third-order valence-electron chi connectivity index (χ3n) is 5.96. The molecule has 1 heterocycles. The Morgan fingerprint density at radius 1 is 1.13 bits per heavy atom. The van der Waals surface area contributed by atoms with Crippen LogP contribution in [-0.4, -0.2) is 29.6 Å². The summed E-state index contributed by atoms with van der Waals surface area (Å²) in [6.07, 6.45) is 2.87. The number of carbonyl (C=O) groups excluding carboxylic acids is 3. The van der Waals surface area contributed by atoms with Crippen molar-refractivity contribution < 1.29 is 24.0 Å². The van der Waals surface area contributed by atoms with Crippen LogP contribution in [0.2, 0.25) is 0 Å². The van der Waals surface area contributed by atoms with Gasteiger partial charge in [-0.05, 0) is 23.7 Å². The summed E-state index contributed by atoms with van der Waals surface area (Å²) in [5.74, 6) is 5.57. The van der Waals surface area contributed by atoms with Crippen molar-refractivity contribution in [3.05, 3.63) is 0 Å². The number of carbonyl (C=O) groups is 3. The molecule has 0 aromatic rings. The molecule has 2 fully saturated rings. The Morgan fingerprint density at radius 2 is 1.65 bits per heavy atom. The molecule has 0 aromatic carbocycles. The maximum absolute atomic E-state index is 11.8. The van der Waals surface area contributed by atoms with Gasteiger partial charge in [0, 0.05) is 31.6 Å². The number of nitrogens with zero attached hydrogens (tertiary/aromatic N) is 1. The zero-order valence-corrected chi connectivity index (χ0v) is 13.5. The minimum Gasteiger partial charge on any atom is -0.432 e. The van der Waals surface area contributed by atoms with E-state index < -0.39 is 18.0 Å². The van der Waals surface area contributed by atoms with Gasteiger partial charge in [0.25, 0.3) is 11.8 Å². The van der Waals surface area contributed by atoms with Crippen molar-refractivity contribution in [1.29, 1.82) is 0 Å². The highest BCUT2D eigenvalue weighted by Gasteiger charge is 2.69. The highest BCUT2D eigenvalue weighted by atomic mass is 16.8. The number of fused-ring (bicyclic) bond motifs is 1. The largest absolute Gasteiger partial charge is 0.533 e. The van der Waals surface area contributed by atoms with Gasteiger partial charge in [0.05, 0.1) is 6.61 Å². The molecule has 1 saturated carbocycles. The lowest BCUT2D eigenvalue weighted by molar-refractivity contribution is -0.177. The molecule has 0 aromatic heterocycles. The van der Waals surface area contributed by atoms with E-state index in [1.807, 2.05) is 0 Å². The molecule has 1 aliphatic heterocycles. The molecule has 6 nitrogen and oxygen atoms in total. The van der Waals surface area contributed by atoms with Crippen molar-refractivity contribution in [2.75, 3.05) is 6.61 Å². The van der Waals surface area contributed by atoms with Gasteiger partial charge in [-0.2, -0.15) is 0 Å². The van der Waals surface area contributed by atoms with Crippen molar-refractivity contribution in [3.8, 4) is 11.8 Å². The number of hydrogen-bond donors (Lipinski definition) is 0. The molecule has 0 N–H and O–H groups in total. The third-order valence-corrected chi connectivity index (χ3v) is 5.96. The lowest BCUT2D eigenvalue weighted by Gasteiger charge is -2.17. The third kappa shape index (κ3) is 2.58. The molecule has 23 heavy (non-hydrogen) atoms. The molecule has 3 rings (SSSR count). The molecule has 3 aliphatic rings. The van der Waals surface area contributed by atoms with Gasteiger partial charge < -0.3 is 4.74 Å². The van der Waals surface area contributed by atoms with Crippen LogP contribution in [0.15, 0.2) is 0 Å². The van der Waals surface area contributed by atoms with Gasteiger partial charge in [0.2, 0.25) is 0 Å². The first-order valence-electron chi connectivity index (χ1n) is 8.05. The fourth-order valence-electron chi connectivity index (χ4n) is 4.09. The number of ether oxygens (including phenoxy) is 1. The summed E-state index contributed by atoms with van der Waals surface area (Å²) < 4.78 is 5.18. The summed E-state index contributed by atoms with van der Waals surface area (Å²) in [6, 6.07) is 0. The van der Waals surface area contributed by atoms with Gasteiger partial charge in [-0.15, -0.1) is 11.8 Å². The van der Waals surface area contributed by atoms with Gasteiger partial charge in [0.15, 0.2) is 0 Å². The van der Waals surface area contributed by atoms with E-state index in [0.717, 1.165) is 25.7 Å². The van der Waals surface area contributed by atoms with E-state index in [1.165, 1.54) is 0 Å². The van der Waals surface area contributed by atoms with Crippen molar-refractivity contribution in [2.45, 2.75) is 52.4 Å². The average molecular weight is 319 g/mol. The summed E-state index contributed by atoms with van der Waals surface area (Å²) in [5.41, 5.74) is 0.226. The first-order chi connectivity index (χ1) is 10.9. The topological polar surface area (TPSA) is 72.9 Å². The van der Waals surface area contributed by atoms with Crippen LogP contribution < -0.4 is 0 Å². The minimum atomic E-state index is -0.990. The van der Waals surface area contributed by atoms with Crippen molar-refractivity contribution in [2.24, 2.45) is 16.7 Å². The monoisotopic (exact) mass is 319 g/mol. The molecular weight excluding hydrogens is 298 g/mol. The van der Waals surface area contributed by atoms with Crippen LogP contribution in [0.1, 0.15) is 52.4 Å². The predicted octanol–water partition coefficient (Wildman–Crippen LogP) is 2.42. The molecule has 2 amide bonds. The molecular formula is C17H21NO5. The zero-order chi connectivity index (χ0) is 16.7. The molecule has 2 aliphatic carbocycles. The second-order valence-electron chi connectivity index (χ2n) is 6.98. The Hall–Kier alpha value is -2.03. The Bertz CT molecular complexity index is 578. The van der Waals surface area contributed by atoms with E-state index in [2.05, 4.69) is 25.7 Å². The zero-order valence-electron chi connectivity index (χ0n) is 13.5.